The van der Waals surface area contributed by atoms with E-state index in [0.717, 1.165) is 43.9 Å². The van der Waals surface area contributed by atoms with Crippen molar-refractivity contribution in [3.05, 3.63) is 18.0 Å². The van der Waals surface area contributed by atoms with Crippen LogP contribution in [0.5, 0.6) is 0 Å². The summed E-state index contributed by atoms with van der Waals surface area (Å²) in [7, 11) is -0.564. The minimum atomic E-state index is -0.564. The smallest absolute Gasteiger partial charge is 0.0534 e. The zero-order valence-electron chi connectivity index (χ0n) is 10.4. The highest BCUT2D eigenvalue weighted by atomic mass is 32.2. The first kappa shape index (κ1) is 12.8. The Kier molecular flexibility index (Phi) is 4.74. The Morgan fingerprint density at radius 3 is 3.00 bits per heavy atom. The maximum absolute atomic E-state index is 11.2. The van der Waals surface area contributed by atoms with Gasteiger partial charge >= 0.3 is 0 Å². The number of aryl methyl sites for hydroxylation is 1. The Hall–Kier alpha value is -0.680. The van der Waals surface area contributed by atoms with Crippen molar-refractivity contribution in [1.29, 1.82) is 0 Å². The number of aromatic nitrogens is 2. The van der Waals surface area contributed by atoms with Crippen LogP contribution in [0.2, 0.25) is 0 Å². The number of rotatable bonds is 5. The molecule has 17 heavy (non-hydrogen) atoms. The molecule has 1 saturated heterocycles. The molecule has 0 radical (unpaired) electrons. The molecule has 1 aromatic heterocycles. The van der Waals surface area contributed by atoms with Crippen LogP contribution in [-0.4, -0.2) is 31.5 Å². The second kappa shape index (κ2) is 6.31. The molecule has 2 heterocycles. The second-order valence-electron chi connectivity index (χ2n) is 4.61. The summed E-state index contributed by atoms with van der Waals surface area (Å²) in [6.07, 6.45) is 7.23. The highest BCUT2D eigenvalue weighted by molar-refractivity contribution is 7.85. The van der Waals surface area contributed by atoms with Crippen LogP contribution in [0.3, 0.4) is 0 Å². The Labute approximate surface area is 105 Å². The average molecular weight is 255 g/mol. The third-order valence-corrected chi connectivity index (χ3v) is 4.50. The van der Waals surface area contributed by atoms with Gasteiger partial charge in [-0.25, -0.2) is 0 Å². The van der Waals surface area contributed by atoms with Gasteiger partial charge in [0.2, 0.25) is 0 Å². The maximum atomic E-state index is 11.2. The summed E-state index contributed by atoms with van der Waals surface area (Å²) in [5.74, 6) is 1.71. The predicted octanol–water partition coefficient (Wildman–Crippen LogP) is 1.29. The zero-order chi connectivity index (χ0) is 12.1. The highest BCUT2D eigenvalue weighted by Crippen LogP contribution is 2.10. The molecule has 0 aliphatic carbocycles. The van der Waals surface area contributed by atoms with Crippen molar-refractivity contribution in [2.24, 2.45) is 0 Å². The van der Waals surface area contributed by atoms with E-state index in [4.69, 9.17) is 0 Å². The van der Waals surface area contributed by atoms with Crippen LogP contribution in [0, 0.1) is 0 Å². The molecule has 0 atom stereocenters. The maximum Gasteiger partial charge on any atom is 0.0534 e. The van der Waals surface area contributed by atoms with Crippen LogP contribution in [0.15, 0.2) is 12.4 Å². The summed E-state index contributed by atoms with van der Waals surface area (Å²) >= 11 is 0. The summed E-state index contributed by atoms with van der Waals surface area (Å²) in [5, 5.41) is 7.84. The van der Waals surface area contributed by atoms with Crippen LogP contribution in [-0.2, 0) is 23.9 Å². The SMILES string of the molecule is CCCn1cc(CNC2CCS(=O)CC2)cn1. The van der Waals surface area contributed by atoms with E-state index in [1.54, 1.807) is 0 Å². The van der Waals surface area contributed by atoms with Gasteiger partial charge in [0.25, 0.3) is 0 Å². The lowest BCUT2D eigenvalue weighted by molar-refractivity contribution is 0.475. The van der Waals surface area contributed by atoms with Crippen LogP contribution in [0.1, 0.15) is 31.7 Å². The van der Waals surface area contributed by atoms with E-state index in [1.165, 1.54) is 5.56 Å². The van der Waals surface area contributed by atoms with E-state index in [-0.39, 0.29) is 0 Å². The van der Waals surface area contributed by atoms with Gasteiger partial charge in [0.15, 0.2) is 0 Å². The quantitative estimate of drug-likeness (QED) is 0.862. The highest BCUT2D eigenvalue weighted by Gasteiger charge is 2.17. The summed E-state index contributed by atoms with van der Waals surface area (Å²) in [6, 6.07) is 0.530. The first-order chi connectivity index (χ1) is 8.28. The third kappa shape index (κ3) is 3.92. The first-order valence-electron chi connectivity index (χ1n) is 6.37. The lowest BCUT2D eigenvalue weighted by Gasteiger charge is -2.22. The van der Waals surface area contributed by atoms with Crippen molar-refractivity contribution in [2.45, 2.75) is 45.3 Å². The van der Waals surface area contributed by atoms with Crippen molar-refractivity contribution in [1.82, 2.24) is 15.1 Å². The van der Waals surface area contributed by atoms with Crippen molar-refractivity contribution in [3.8, 4) is 0 Å². The lowest BCUT2D eigenvalue weighted by Crippen LogP contribution is -2.35. The topological polar surface area (TPSA) is 46.9 Å². The number of nitrogens with zero attached hydrogens (tertiary/aromatic N) is 2. The van der Waals surface area contributed by atoms with Gasteiger partial charge < -0.3 is 5.32 Å². The molecule has 0 bridgehead atoms. The Bertz CT molecular complexity index is 368. The Balaban J connectivity index is 1.75. The fourth-order valence-electron chi connectivity index (χ4n) is 2.11. The molecule has 0 aromatic carbocycles. The van der Waals surface area contributed by atoms with Gasteiger partial charge in [0, 0.05) is 53.2 Å². The fourth-order valence-corrected chi connectivity index (χ4v) is 3.41. The Morgan fingerprint density at radius 1 is 1.53 bits per heavy atom. The van der Waals surface area contributed by atoms with Gasteiger partial charge in [-0.1, -0.05) is 6.92 Å². The summed E-state index contributed by atoms with van der Waals surface area (Å²) < 4.78 is 13.2. The minimum Gasteiger partial charge on any atom is -0.310 e. The van der Waals surface area contributed by atoms with Gasteiger partial charge in [-0.05, 0) is 19.3 Å². The van der Waals surface area contributed by atoms with E-state index < -0.39 is 10.8 Å². The molecule has 1 aliphatic heterocycles. The number of hydrogen-bond donors (Lipinski definition) is 1. The first-order valence-corrected chi connectivity index (χ1v) is 7.86. The largest absolute Gasteiger partial charge is 0.310 e. The fraction of sp³-hybridized carbons (Fsp3) is 0.750. The van der Waals surface area contributed by atoms with E-state index in [0.29, 0.717) is 6.04 Å². The van der Waals surface area contributed by atoms with Gasteiger partial charge in [-0.2, -0.15) is 5.10 Å². The molecule has 2 rings (SSSR count). The summed E-state index contributed by atoms with van der Waals surface area (Å²) in [6.45, 7) is 4.02. The average Bonchev–Trinajstić information content (AvgIpc) is 2.77. The zero-order valence-corrected chi connectivity index (χ0v) is 11.2. The molecule has 1 aromatic rings. The molecule has 5 heteroatoms. The molecular weight excluding hydrogens is 234 g/mol. The normalized spacial score (nSPS) is 25.0. The Morgan fingerprint density at radius 2 is 2.29 bits per heavy atom. The van der Waals surface area contributed by atoms with Gasteiger partial charge in [0.05, 0.1) is 6.20 Å². The molecule has 96 valence electrons. The third-order valence-electron chi connectivity index (χ3n) is 3.12. The van der Waals surface area contributed by atoms with Crippen molar-refractivity contribution >= 4 is 10.8 Å². The second-order valence-corrected chi connectivity index (χ2v) is 6.31. The number of hydrogen-bond acceptors (Lipinski definition) is 3. The summed E-state index contributed by atoms with van der Waals surface area (Å²) in [5.41, 5.74) is 1.24. The van der Waals surface area contributed by atoms with Crippen LogP contribution in [0.25, 0.3) is 0 Å². The summed E-state index contributed by atoms with van der Waals surface area (Å²) in [4.78, 5) is 0. The molecule has 1 fully saturated rings. The van der Waals surface area contributed by atoms with Crippen LogP contribution in [0.4, 0.5) is 0 Å². The lowest BCUT2D eigenvalue weighted by atomic mass is 10.1. The van der Waals surface area contributed by atoms with Crippen LogP contribution < -0.4 is 5.32 Å². The molecule has 1 N–H and O–H groups in total. The van der Waals surface area contributed by atoms with E-state index in [9.17, 15) is 4.21 Å². The molecule has 0 spiro atoms. The minimum absolute atomic E-state index is 0.530. The molecule has 0 amide bonds. The standard InChI is InChI=1S/C12H21N3OS/c1-2-5-15-10-11(9-14-15)8-13-12-3-6-17(16)7-4-12/h9-10,12-13H,2-8H2,1H3. The van der Waals surface area contributed by atoms with Gasteiger partial charge in [-0.3, -0.25) is 8.89 Å². The predicted molar refractivity (Wildman–Crippen MR) is 70.3 cm³/mol. The van der Waals surface area contributed by atoms with Crippen molar-refractivity contribution < 1.29 is 4.21 Å². The van der Waals surface area contributed by atoms with E-state index >= 15 is 0 Å². The molecular formula is C12H21N3OS. The molecule has 4 nitrogen and oxygen atoms in total. The molecule has 1 aliphatic rings. The molecule has 0 saturated carbocycles. The van der Waals surface area contributed by atoms with E-state index in [1.807, 2.05) is 10.9 Å². The molecule has 0 unspecified atom stereocenters. The monoisotopic (exact) mass is 255 g/mol. The van der Waals surface area contributed by atoms with Gasteiger partial charge in [0.1, 0.15) is 0 Å². The van der Waals surface area contributed by atoms with Gasteiger partial charge in [-0.15, -0.1) is 0 Å². The van der Waals surface area contributed by atoms with Crippen LogP contribution >= 0.6 is 0 Å². The van der Waals surface area contributed by atoms with E-state index in [2.05, 4.69) is 23.5 Å². The number of nitrogens with one attached hydrogen (secondary N) is 1. The van der Waals surface area contributed by atoms with Crippen molar-refractivity contribution in [3.63, 3.8) is 0 Å². The van der Waals surface area contributed by atoms with Crippen molar-refractivity contribution in [2.75, 3.05) is 11.5 Å².